The van der Waals surface area contributed by atoms with E-state index in [0.29, 0.717) is 17.1 Å². The summed E-state index contributed by atoms with van der Waals surface area (Å²) >= 11 is 1.24. The first kappa shape index (κ1) is 12.5. The number of carbonyl (C=O) groups is 1. The van der Waals surface area contributed by atoms with Gasteiger partial charge in [0.05, 0.1) is 0 Å². The highest BCUT2D eigenvalue weighted by atomic mass is 32.2. The van der Waals surface area contributed by atoms with Crippen LogP contribution in [-0.2, 0) is 14.8 Å². The highest BCUT2D eigenvalue weighted by Gasteiger charge is 2.23. The van der Waals surface area contributed by atoms with Crippen LogP contribution in [-0.4, -0.2) is 26.9 Å². The fourth-order valence-electron chi connectivity index (χ4n) is 1.67. The fraction of sp³-hybridized carbons (Fsp3) is 0.500. The molecule has 0 radical (unpaired) electrons. The van der Waals surface area contributed by atoms with Crippen molar-refractivity contribution >= 4 is 27.3 Å². The van der Waals surface area contributed by atoms with Crippen LogP contribution in [0.4, 0.5) is 0 Å². The maximum absolute atomic E-state index is 11.9. The molecular weight excluding hydrogens is 260 g/mol. The quantitative estimate of drug-likeness (QED) is 0.845. The van der Waals surface area contributed by atoms with Crippen molar-refractivity contribution < 1.29 is 13.2 Å². The molecule has 0 aliphatic carbocycles. The van der Waals surface area contributed by atoms with Gasteiger partial charge in [-0.05, 0) is 25.5 Å². The zero-order valence-electron chi connectivity index (χ0n) is 9.39. The smallest absolute Gasteiger partial charge is 0.250 e. The van der Waals surface area contributed by atoms with Gasteiger partial charge in [-0.15, -0.1) is 11.3 Å². The molecule has 1 amide bonds. The number of amides is 1. The summed E-state index contributed by atoms with van der Waals surface area (Å²) in [7, 11) is -3.43. The molecular formula is C10H14N2O3S2. The molecule has 2 rings (SSSR count). The predicted octanol–water partition coefficient (Wildman–Crippen LogP) is 0.613. The Morgan fingerprint density at radius 1 is 1.53 bits per heavy atom. The van der Waals surface area contributed by atoms with Crippen LogP contribution in [0.15, 0.2) is 16.3 Å². The Kier molecular flexibility index (Phi) is 3.50. The summed E-state index contributed by atoms with van der Waals surface area (Å²) in [4.78, 5) is 11.9. The van der Waals surface area contributed by atoms with Gasteiger partial charge in [-0.1, -0.05) is 0 Å². The van der Waals surface area contributed by atoms with Crippen LogP contribution in [0.25, 0.3) is 0 Å². The average molecular weight is 274 g/mol. The third-order valence-electron chi connectivity index (χ3n) is 2.59. The van der Waals surface area contributed by atoms with Gasteiger partial charge in [0, 0.05) is 23.9 Å². The minimum Gasteiger partial charge on any atom is -0.352 e. The van der Waals surface area contributed by atoms with E-state index in [0.717, 1.165) is 4.88 Å². The topological polar surface area (TPSA) is 75.3 Å². The van der Waals surface area contributed by atoms with E-state index in [-0.39, 0.29) is 18.5 Å². The van der Waals surface area contributed by atoms with Gasteiger partial charge < -0.3 is 5.32 Å². The molecule has 2 heterocycles. The molecule has 1 aromatic heterocycles. The van der Waals surface area contributed by atoms with Crippen LogP contribution in [0.3, 0.4) is 0 Å². The van der Waals surface area contributed by atoms with Crippen LogP contribution >= 0.6 is 11.3 Å². The number of rotatable bonds is 4. The number of nitrogens with one attached hydrogen (secondary N) is 2. The molecule has 94 valence electrons. The van der Waals surface area contributed by atoms with Crippen molar-refractivity contribution in [1.29, 1.82) is 0 Å². The molecule has 1 saturated heterocycles. The molecule has 1 atom stereocenters. The normalized spacial score (nSPS) is 20.5. The number of aryl methyl sites for hydroxylation is 1. The molecule has 1 aliphatic heterocycles. The maximum Gasteiger partial charge on any atom is 0.250 e. The molecule has 0 aromatic carbocycles. The zero-order valence-corrected chi connectivity index (χ0v) is 11.0. The molecule has 1 unspecified atom stereocenters. The second-order valence-corrected chi connectivity index (χ2v) is 7.30. The number of hydrogen-bond acceptors (Lipinski definition) is 4. The lowest BCUT2D eigenvalue weighted by Gasteiger charge is -2.10. The average Bonchev–Trinajstić information content (AvgIpc) is 2.85. The number of carbonyl (C=O) groups excluding carboxylic acids is 1. The van der Waals surface area contributed by atoms with Crippen molar-refractivity contribution in [2.45, 2.75) is 30.0 Å². The van der Waals surface area contributed by atoms with Gasteiger partial charge in [0.2, 0.25) is 15.9 Å². The zero-order chi connectivity index (χ0) is 12.5. The monoisotopic (exact) mass is 274 g/mol. The van der Waals surface area contributed by atoms with Gasteiger partial charge >= 0.3 is 0 Å². The summed E-state index contributed by atoms with van der Waals surface area (Å²) in [5.74, 6) is -0.0128. The molecule has 1 aliphatic rings. The van der Waals surface area contributed by atoms with Gasteiger partial charge in [-0.25, -0.2) is 13.1 Å². The van der Waals surface area contributed by atoms with Crippen molar-refractivity contribution in [3.05, 3.63) is 17.0 Å². The summed E-state index contributed by atoms with van der Waals surface area (Å²) in [6.45, 7) is 2.12. The first-order valence-corrected chi connectivity index (χ1v) is 7.63. The predicted molar refractivity (Wildman–Crippen MR) is 65.4 cm³/mol. The Balaban J connectivity index is 1.96. The second-order valence-electron chi connectivity index (χ2n) is 4.02. The van der Waals surface area contributed by atoms with Crippen LogP contribution in [0, 0.1) is 6.92 Å². The first-order valence-electron chi connectivity index (χ1n) is 5.33. The van der Waals surface area contributed by atoms with Gasteiger partial charge in [-0.2, -0.15) is 0 Å². The van der Waals surface area contributed by atoms with Crippen LogP contribution in [0.5, 0.6) is 0 Å². The summed E-state index contributed by atoms with van der Waals surface area (Å²) in [5.41, 5.74) is 0. The molecule has 17 heavy (non-hydrogen) atoms. The van der Waals surface area contributed by atoms with Crippen LogP contribution in [0.2, 0.25) is 0 Å². The van der Waals surface area contributed by atoms with E-state index in [1.165, 1.54) is 11.3 Å². The molecule has 1 fully saturated rings. The molecule has 7 heteroatoms. The molecule has 0 spiro atoms. The van der Waals surface area contributed by atoms with E-state index in [1.54, 1.807) is 12.1 Å². The van der Waals surface area contributed by atoms with Crippen molar-refractivity contribution in [3.8, 4) is 0 Å². The minimum atomic E-state index is -3.43. The third kappa shape index (κ3) is 3.05. The summed E-state index contributed by atoms with van der Waals surface area (Å²) in [5, 5.41) is 2.72. The van der Waals surface area contributed by atoms with Gasteiger partial charge in [-0.3, -0.25) is 4.79 Å². The lowest BCUT2D eigenvalue weighted by molar-refractivity contribution is -0.119. The van der Waals surface area contributed by atoms with E-state index in [2.05, 4.69) is 10.0 Å². The summed E-state index contributed by atoms with van der Waals surface area (Å²) < 4.78 is 26.6. The highest BCUT2D eigenvalue weighted by Crippen LogP contribution is 2.20. The van der Waals surface area contributed by atoms with Crippen molar-refractivity contribution in [1.82, 2.24) is 10.0 Å². The Morgan fingerprint density at radius 2 is 2.29 bits per heavy atom. The largest absolute Gasteiger partial charge is 0.352 e. The van der Waals surface area contributed by atoms with E-state index >= 15 is 0 Å². The maximum atomic E-state index is 11.9. The van der Waals surface area contributed by atoms with Crippen molar-refractivity contribution in [3.63, 3.8) is 0 Å². The Morgan fingerprint density at radius 3 is 2.82 bits per heavy atom. The highest BCUT2D eigenvalue weighted by molar-refractivity contribution is 7.91. The molecule has 1 aromatic rings. The third-order valence-corrected chi connectivity index (χ3v) is 5.50. The van der Waals surface area contributed by atoms with E-state index in [4.69, 9.17) is 0 Å². The van der Waals surface area contributed by atoms with Gasteiger partial charge in [0.25, 0.3) is 0 Å². The van der Waals surface area contributed by atoms with Crippen LogP contribution < -0.4 is 10.0 Å². The summed E-state index contributed by atoms with van der Waals surface area (Å²) in [6.07, 6.45) is 1.16. The number of hydrogen-bond donors (Lipinski definition) is 2. The summed E-state index contributed by atoms with van der Waals surface area (Å²) in [6, 6.07) is 3.28. The standard InChI is InChI=1S/C10H14N2O3S2/c1-7-2-5-10(16-7)17(14,15)11-6-8-3-4-9(13)12-8/h2,5,8,11H,3-4,6H2,1H3,(H,12,13). The first-order chi connectivity index (χ1) is 7.97. The van der Waals surface area contributed by atoms with Crippen molar-refractivity contribution in [2.24, 2.45) is 0 Å². The Labute approximate surface area is 104 Å². The van der Waals surface area contributed by atoms with E-state index in [1.807, 2.05) is 6.92 Å². The molecule has 2 N–H and O–H groups in total. The van der Waals surface area contributed by atoms with Gasteiger partial charge in [0.1, 0.15) is 4.21 Å². The van der Waals surface area contributed by atoms with Gasteiger partial charge in [0.15, 0.2) is 0 Å². The SMILES string of the molecule is Cc1ccc(S(=O)(=O)NCC2CCC(=O)N2)s1. The Hall–Kier alpha value is -0.920. The Bertz CT molecular complexity index is 521. The molecule has 0 saturated carbocycles. The minimum absolute atomic E-state index is 0.0128. The second kappa shape index (κ2) is 4.75. The lowest BCUT2D eigenvalue weighted by Crippen LogP contribution is -2.38. The lowest BCUT2D eigenvalue weighted by atomic mass is 10.2. The van der Waals surface area contributed by atoms with Crippen molar-refractivity contribution in [2.75, 3.05) is 6.54 Å². The van der Waals surface area contributed by atoms with Crippen LogP contribution in [0.1, 0.15) is 17.7 Å². The van der Waals surface area contributed by atoms with E-state index < -0.39 is 10.0 Å². The number of thiophene rings is 1. The molecule has 0 bridgehead atoms. The molecule has 5 nitrogen and oxygen atoms in total. The van der Waals surface area contributed by atoms with E-state index in [9.17, 15) is 13.2 Å². The fourth-order valence-corrected chi connectivity index (χ4v) is 4.08. The number of sulfonamides is 1.